The Morgan fingerprint density at radius 1 is 1.10 bits per heavy atom. The van der Waals surface area contributed by atoms with E-state index in [0.717, 1.165) is 10.0 Å². The van der Waals surface area contributed by atoms with Crippen LogP contribution in [0.4, 0.5) is 0 Å². The van der Waals surface area contributed by atoms with Gasteiger partial charge in [0.1, 0.15) is 0 Å². The average Bonchev–Trinajstić information content (AvgIpc) is 3.20. The molecule has 1 fully saturated rings. The molecule has 1 unspecified atom stereocenters. The van der Waals surface area contributed by atoms with Gasteiger partial charge in [0.2, 0.25) is 0 Å². The van der Waals surface area contributed by atoms with Gasteiger partial charge in [-0.1, -0.05) is 47.5 Å². The van der Waals surface area contributed by atoms with Crippen LogP contribution >= 0.6 is 11.6 Å². The Bertz CT molecular complexity index is 743. The van der Waals surface area contributed by atoms with E-state index in [1.54, 1.807) is 48.5 Å². The van der Waals surface area contributed by atoms with Gasteiger partial charge in [0, 0.05) is 10.6 Å². The minimum atomic E-state index is -3.64. The fourth-order valence-corrected chi connectivity index (χ4v) is 3.39. The molecule has 2 atom stereocenters. The first-order valence-electron chi connectivity index (χ1n) is 6.02. The molecule has 0 bridgehead atoms. The summed E-state index contributed by atoms with van der Waals surface area (Å²) >= 11 is 6.04. The van der Waals surface area contributed by atoms with E-state index in [-0.39, 0.29) is 4.90 Å². The molecule has 1 heterocycles. The van der Waals surface area contributed by atoms with Crippen LogP contribution in [0.15, 0.2) is 53.4 Å². The van der Waals surface area contributed by atoms with Crippen molar-refractivity contribution in [3.63, 3.8) is 0 Å². The van der Waals surface area contributed by atoms with Crippen LogP contribution in [0.5, 0.6) is 0 Å². The summed E-state index contributed by atoms with van der Waals surface area (Å²) in [7, 11) is -3.64. The third-order valence-corrected chi connectivity index (χ3v) is 5.04. The van der Waals surface area contributed by atoms with E-state index in [1.165, 1.54) is 0 Å². The Labute approximate surface area is 122 Å². The van der Waals surface area contributed by atoms with E-state index in [9.17, 15) is 8.42 Å². The summed E-state index contributed by atoms with van der Waals surface area (Å²) in [5.74, 6) is 0. The fourth-order valence-electron chi connectivity index (χ4n) is 1.91. The van der Waals surface area contributed by atoms with Crippen molar-refractivity contribution in [3.8, 4) is 0 Å². The topological polar surface area (TPSA) is 49.7 Å². The summed E-state index contributed by atoms with van der Waals surface area (Å²) in [6.07, 6.45) is -0.644. The van der Waals surface area contributed by atoms with Gasteiger partial charge in [-0.2, -0.15) is 0 Å². The number of hydroxylamine groups is 1. The zero-order chi connectivity index (χ0) is 14.3. The SMILES string of the molecule is Cc1ccc(S(=O)(=O)N2O[C@@H]2c2ccccc2Cl)cc1. The second-order valence-corrected chi connectivity index (χ2v) is 6.74. The molecule has 2 aromatic carbocycles. The largest absolute Gasteiger partial charge is 0.267 e. The van der Waals surface area contributed by atoms with Gasteiger partial charge in [0.25, 0.3) is 10.0 Å². The summed E-state index contributed by atoms with van der Waals surface area (Å²) in [5.41, 5.74) is 1.64. The molecule has 1 saturated heterocycles. The van der Waals surface area contributed by atoms with E-state index in [2.05, 4.69) is 0 Å². The first kappa shape index (κ1) is 13.6. The summed E-state index contributed by atoms with van der Waals surface area (Å²) in [6, 6.07) is 13.7. The molecule has 0 N–H and O–H groups in total. The quantitative estimate of drug-likeness (QED) is 0.818. The molecule has 104 valence electrons. The molecule has 0 saturated carbocycles. The standard InChI is InChI=1S/C14H12ClNO3S/c1-10-6-8-11(9-7-10)20(17,18)16-14(19-16)12-4-2-3-5-13(12)15/h2-9,14H,1H3/t14-,16?/m1/s1. The fraction of sp³-hybridized carbons (Fsp3) is 0.143. The van der Waals surface area contributed by atoms with Crippen LogP contribution in [0.25, 0.3) is 0 Å². The number of nitrogens with zero attached hydrogens (tertiary/aromatic N) is 1. The van der Waals surface area contributed by atoms with Crippen molar-refractivity contribution in [3.05, 3.63) is 64.7 Å². The van der Waals surface area contributed by atoms with Crippen LogP contribution in [0.3, 0.4) is 0 Å². The molecule has 6 heteroatoms. The lowest BCUT2D eigenvalue weighted by molar-refractivity contribution is 0.283. The van der Waals surface area contributed by atoms with Gasteiger partial charge in [0.05, 0.1) is 4.90 Å². The molecule has 0 aliphatic carbocycles. The molecule has 0 radical (unpaired) electrons. The highest BCUT2D eigenvalue weighted by atomic mass is 35.5. The third kappa shape index (κ3) is 2.33. The number of hydrogen-bond acceptors (Lipinski definition) is 3. The average molecular weight is 310 g/mol. The minimum absolute atomic E-state index is 0.206. The van der Waals surface area contributed by atoms with Gasteiger partial charge in [-0.3, -0.25) is 4.84 Å². The Kier molecular flexibility index (Phi) is 3.30. The summed E-state index contributed by atoms with van der Waals surface area (Å²) in [4.78, 5) is 5.40. The van der Waals surface area contributed by atoms with Crippen LogP contribution in [0.2, 0.25) is 5.02 Å². The number of hydrogen-bond donors (Lipinski definition) is 0. The molecule has 2 aromatic rings. The number of halogens is 1. The van der Waals surface area contributed by atoms with Gasteiger partial charge >= 0.3 is 0 Å². The highest BCUT2D eigenvalue weighted by Crippen LogP contribution is 2.44. The summed E-state index contributed by atoms with van der Waals surface area (Å²) < 4.78 is 25.7. The highest BCUT2D eigenvalue weighted by Gasteiger charge is 2.49. The second-order valence-electron chi connectivity index (χ2n) is 4.55. The predicted molar refractivity (Wildman–Crippen MR) is 75.5 cm³/mol. The second kappa shape index (κ2) is 4.86. The zero-order valence-electron chi connectivity index (χ0n) is 10.7. The Hall–Kier alpha value is -1.40. The van der Waals surface area contributed by atoms with Crippen molar-refractivity contribution >= 4 is 21.6 Å². The van der Waals surface area contributed by atoms with Crippen LogP contribution in [0, 0.1) is 6.92 Å². The molecule has 20 heavy (non-hydrogen) atoms. The maximum atomic E-state index is 12.4. The summed E-state index contributed by atoms with van der Waals surface area (Å²) in [5, 5.41) is 0.485. The van der Waals surface area contributed by atoms with Gasteiger partial charge < -0.3 is 0 Å². The van der Waals surface area contributed by atoms with Crippen molar-refractivity contribution < 1.29 is 13.3 Å². The van der Waals surface area contributed by atoms with Gasteiger partial charge in [-0.15, -0.1) is 0 Å². The van der Waals surface area contributed by atoms with Crippen LogP contribution in [0.1, 0.15) is 17.4 Å². The van der Waals surface area contributed by atoms with Gasteiger partial charge in [0.15, 0.2) is 6.23 Å². The van der Waals surface area contributed by atoms with Crippen LogP contribution in [-0.2, 0) is 14.9 Å². The number of rotatable bonds is 3. The van der Waals surface area contributed by atoms with Crippen LogP contribution in [-0.4, -0.2) is 12.9 Å². The smallest absolute Gasteiger partial charge is 0.253 e. The minimum Gasteiger partial charge on any atom is -0.253 e. The first-order chi connectivity index (χ1) is 9.50. The first-order valence-corrected chi connectivity index (χ1v) is 7.84. The van der Waals surface area contributed by atoms with Crippen molar-refractivity contribution in [2.24, 2.45) is 0 Å². The van der Waals surface area contributed by atoms with Crippen molar-refractivity contribution in [1.29, 1.82) is 0 Å². The Morgan fingerprint density at radius 2 is 1.75 bits per heavy atom. The molecule has 1 aliphatic rings. The molecule has 0 aromatic heterocycles. The number of aryl methyl sites for hydroxylation is 1. The predicted octanol–water partition coefficient (Wildman–Crippen LogP) is 3.28. The third-order valence-electron chi connectivity index (χ3n) is 3.08. The van der Waals surface area contributed by atoms with E-state index in [0.29, 0.717) is 10.6 Å². The van der Waals surface area contributed by atoms with Gasteiger partial charge in [-0.25, -0.2) is 8.42 Å². The lowest BCUT2D eigenvalue weighted by atomic mass is 10.2. The maximum Gasteiger partial charge on any atom is 0.267 e. The van der Waals surface area contributed by atoms with Crippen molar-refractivity contribution in [2.75, 3.05) is 0 Å². The molecule has 0 amide bonds. The van der Waals surface area contributed by atoms with Gasteiger partial charge in [-0.05, 0) is 29.6 Å². The van der Waals surface area contributed by atoms with Crippen LogP contribution < -0.4 is 0 Å². The maximum absolute atomic E-state index is 12.4. The number of sulfonamides is 1. The lowest BCUT2D eigenvalue weighted by Gasteiger charge is -2.03. The highest BCUT2D eigenvalue weighted by molar-refractivity contribution is 7.89. The molecular weight excluding hydrogens is 298 g/mol. The normalized spacial score (nSPS) is 21.7. The van der Waals surface area contributed by atoms with E-state index >= 15 is 0 Å². The number of benzene rings is 2. The molecular formula is C14H12ClNO3S. The Morgan fingerprint density at radius 3 is 2.40 bits per heavy atom. The Balaban J connectivity index is 1.89. The van der Waals surface area contributed by atoms with E-state index in [1.807, 2.05) is 6.92 Å². The molecule has 4 nitrogen and oxygen atoms in total. The lowest BCUT2D eigenvalue weighted by Crippen LogP contribution is -2.12. The van der Waals surface area contributed by atoms with Crippen molar-refractivity contribution in [1.82, 2.24) is 4.47 Å². The van der Waals surface area contributed by atoms with E-state index in [4.69, 9.17) is 16.4 Å². The molecule has 3 rings (SSSR count). The molecule has 1 aliphatic heterocycles. The molecule has 0 spiro atoms. The van der Waals surface area contributed by atoms with E-state index < -0.39 is 16.3 Å². The zero-order valence-corrected chi connectivity index (χ0v) is 12.2. The van der Waals surface area contributed by atoms with Crippen molar-refractivity contribution in [2.45, 2.75) is 18.0 Å². The monoisotopic (exact) mass is 309 g/mol. The summed E-state index contributed by atoms with van der Waals surface area (Å²) in [6.45, 7) is 1.90.